The van der Waals surface area contributed by atoms with Crippen LogP contribution in [0.2, 0.25) is 4.34 Å². The molecule has 3 atom stereocenters. The van der Waals surface area contributed by atoms with Crippen molar-refractivity contribution < 1.29 is 5.11 Å². The first kappa shape index (κ1) is 12.4. The summed E-state index contributed by atoms with van der Waals surface area (Å²) in [4.78, 5) is 1.20. The van der Waals surface area contributed by atoms with Crippen LogP contribution in [-0.2, 0) is 6.42 Å². The summed E-state index contributed by atoms with van der Waals surface area (Å²) in [7, 11) is 0. The van der Waals surface area contributed by atoms with Crippen molar-refractivity contribution in [1.29, 1.82) is 0 Å². The van der Waals surface area contributed by atoms with Crippen molar-refractivity contribution in [3.63, 3.8) is 0 Å². The first-order chi connectivity index (χ1) is 7.49. The normalized spacial score (nSPS) is 35.2. The molecule has 3 heteroatoms. The number of hydrogen-bond donors (Lipinski definition) is 1. The summed E-state index contributed by atoms with van der Waals surface area (Å²) in [6.45, 7) is 4.45. The standard InChI is InChI=1S/C13H19ClOS/c1-9-5-6-13(15,10(2)7-9)8-11-3-4-12(14)16-11/h3-4,9-10,15H,5-8H2,1-2H3. The molecule has 1 aliphatic rings. The molecule has 1 aromatic rings. The van der Waals surface area contributed by atoms with Gasteiger partial charge in [-0.2, -0.15) is 0 Å². The van der Waals surface area contributed by atoms with Crippen molar-refractivity contribution in [2.45, 2.75) is 45.1 Å². The second kappa shape index (κ2) is 4.67. The Labute approximate surface area is 106 Å². The van der Waals surface area contributed by atoms with E-state index in [4.69, 9.17) is 11.6 Å². The Kier molecular flexibility index (Phi) is 3.62. The van der Waals surface area contributed by atoms with E-state index < -0.39 is 5.60 Å². The SMILES string of the molecule is CC1CCC(O)(Cc2ccc(Cl)s2)C(C)C1. The molecule has 1 nitrogen and oxygen atoms in total. The highest BCUT2D eigenvalue weighted by atomic mass is 35.5. The zero-order chi connectivity index (χ0) is 11.8. The van der Waals surface area contributed by atoms with Crippen molar-refractivity contribution >= 4 is 22.9 Å². The molecule has 90 valence electrons. The molecule has 1 N–H and O–H groups in total. The molecule has 0 aromatic carbocycles. The van der Waals surface area contributed by atoms with Gasteiger partial charge < -0.3 is 5.11 Å². The summed E-state index contributed by atoms with van der Waals surface area (Å²) in [5, 5.41) is 10.7. The van der Waals surface area contributed by atoms with Crippen LogP contribution in [0.3, 0.4) is 0 Å². The largest absolute Gasteiger partial charge is 0.389 e. The Balaban J connectivity index is 2.07. The van der Waals surface area contributed by atoms with Gasteiger partial charge in [0.1, 0.15) is 0 Å². The van der Waals surface area contributed by atoms with E-state index in [2.05, 4.69) is 13.8 Å². The predicted molar refractivity (Wildman–Crippen MR) is 70.2 cm³/mol. The van der Waals surface area contributed by atoms with Gasteiger partial charge in [-0.25, -0.2) is 0 Å². The van der Waals surface area contributed by atoms with Gasteiger partial charge in [0.25, 0.3) is 0 Å². The van der Waals surface area contributed by atoms with Crippen LogP contribution >= 0.6 is 22.9 Å². The molecule has 0 amide bonds. The smallest absolute Gasteiger partial charge is 0.0931 e. The third kappa shape index (κ3) is 2.61. The van der Waals surface area contributed by atoms with Crippen LogP contribution in [0.4, 0.5) is 0 Å². The summed E-state index contributed by atoms with van der Waals surface area (Å²) in [6.07, 6.45) is 3.96. The van der Waals surface area contributed by atoms with Crippen molar-refractivity contribution in [3.05, 3.63) is 21.3 Å². The first-order valence-electron chi connectivity index (χ1n) is 5.96. The molecule has 1 aromatic heterocycles. The van der Waals surface area contributed by atoms with E-state index in [1.165, 1.54) is 4.88 Å². The van der Waals surface area contributed by atoms with Gasteiger partial charge in [-0.3, -0.25) is 0 Å². The molecule has 0 aliphatic heterocycles. The van der Waals surface area contributed by atoms with Crippen molar-refractivity contribution in [2.75, 3.05) is 0 Å². The van der Waals surface area contributed by atoms with E-state index in [1.54, 1.807) is 11.3 Å². The fraction of sp³-hybridized carbons (Fsp3) is 0.692. The third-order valence-electron chi connectivity index (χ3n) is 3.85. The Morgan fingerprint density at radius 3 is 2.81 bits per heavy atom. The van der Waals surface area contributed by atoms with Gasteiger partial charge in [0.15, 0.2) is 0 Å². The van der Waals surface area contributed by atoms with Gasteiger partial charge in [0, 0.05) is 11.3 Å². The lowest BCUT2D eigenvalue weighted by atomic mass is 9.70. The summed E-state index contributed by atoms with van der Waals surface area (Å²) >= 11 is 7.51. The maximum Gasteiger partial charge on any atom is 0.0931 e. The van der Waals surface area contributed by atoms with Crippen molar-refractivity contribution in [2.24, 2.45) is 11.8 Å². The second-order valence-corrected chi connectivity index (χ2v) is 7.07. The summed E-state index contributed by atoms with van der Waals surface area (Å²) in [5.41, 5.74) is -0.513. The van der Waals surface area contributed by atoms with Gasteiger partial charge in [0.05, 0.1) is 9.94 Å². The fourth-order valence-electron chi connectivity index (χ4n) is 2.69. The van der Waals surface area contributed by atoms with E-state index in [0.717, 1.165) is 35.9 Å². The first-order valence-corrected chi connectivity index (χ1v) is 7.15. The zero-order valence-electron chi connectivity index (χ0n) is 9.87. The Morgan fingerprint density at radius 2 is 2.25 bits per heavy atom. The van der Waals surface area contributed by atoms with E-state index in [9.17, 15) is 5.11 Å². The number of hydrogen-bond acceptors (Lipinski definition) is 2. The fourth-order valence-corrected chi connectivity index (χ4v) is 3.90. The van der Waals surface area contributed by atoms with Crippen LogP contribution in [0.25, 0.3) is 0 Å². The van der Waals surface area contributed by atoms with Crippen LogP contribution in [-0.4, -0.2) is 10.7 Å². The molecule has 0 bridgehead atoms. The molecular weight excluding hydrogens is 240 g/mol. The van der Waals surface area contributed by atoms with Crippen molar-refractivity contribution in [3.8, 4) is 0 Å². The quantitative estimate of drug-likeness (QED) is 0.846. The Morgan fingerprint density at radius 1 is 1.50 bits per heavy atom. The lowest BCUT2D eigenvalue weighted by Gasteiger charge is -2.40. The number of thiophene rings is 1. The minimum absolute atomic E-state index is 0.386. The molecule has 0 spiro atoms. The molecule has 1 heterocycles. The average Bonchev–Trinajstić information content (AvgIpc) is 2.59. The Hall–Kier alpha value is -0.0500. The number of aliphatic hydroxyl groups is 1. The second-order valence-electron chi connectivity index (χ2n) is 5.27. The van der Waals surface area contributed by atoms with Crippen LogP contribution in [0.1, 0.15) is 38.0 Å². The van der Waals surface area contributed by atoms with Crippen LogP contribution in [0.5, 0.6) is 0 Å². The third-order valence-corrected chi connectivity index (χ3v) is 5.08. The molecule has 0 radical (unpaired) electrons. The van der Waals surface area contributed by atoms with Crippen LogP contribution in [0.15, 0.2) is 12.1 Å². The van der Waals surface area contributed by atoms with Gasteiger partial charge in [-0.05, 0) is 43.2 Å². The molecular formula is C13H19ClOS. The molecule has 16 heavy (non-hydrogen) atoms. The van der Waals surface area contributed by atoms with Crippen LogP contribution in [0, 0.1) is 11.8 Å². The lowest BCUT2D eigenvalue weighted by Crippen LogP contribution is -2.42. The monoisotopic (exact) mass is 258 g/mol. The minimum Gasteiger partial charge on any atom is -0.389 e. The number of rotatable bonds is 2. The highest BCUT2D eigenvalue weighted by molar-refractivity contribution is 7.16. The van der Waals surface area contributed by atoms with E-state index in [-0.39, 0.29) is 0 Å². The predicted octanol–water partition coefficient (Wildman–Crippen LogP) is 4.13. The summed E-state index contributed by atoms with van der Waals surface area (Å²) < 4.78 is 0.815. The maximum absolute atomic E-state index is 10.7. The molecule has 3 unspecified atom stereocenters. The van der Waals surface area contributed by atoms with Gasteiger partial charge in [-0.15, -0.1) is 11.3 Å². The van der Waals surface area contributed by atoms with E-state index in [0.29, 0.717) is 5.92 Å². The van der Waals surface area contributed by atoms with E-state index >= 15 is 0 Å². The molecule has 1 fully saturated rings. The van der Waals surface area contributed by atoms with Crippen LogP contribution < -0.4 is 0 Å². The van der Waals surface area contributed by atoms with Gasteiger partial charge in [0.2, 0.25) is 0 Å². The van der Waals surface area contributed by atoms with Gasteiger partial charge in [-0.1, -0.05) is 25.4 Å². The molecule has 1 aliphatic carbocycles. The van der Waals surface area contributed by atoms with E-state index in [1.807, 2.05) is 12.1 Å². The highest BCUT2D eigenvalue weighted by Crippen LogP contribution is 2.40. The highest BCUT2D eigenvalue weighted by Gasteiger charge is 2.38. The number of halogens is 1. The summed E-state index contributed by atoms with van der Waals surface area (Å²) in [6, 6.07) is 3.96. The molecule has 2 rings (SSSR count). The zero-order valence-corrected chi connectivity index (χ0v) is 11.4. The summed E-state index contributed by atoms with van der Waals surface area (Å²) in [5.74, 6) is 1.14. The Bertz CT molecular complexity index is 363. The average molecular weight is 259 g/mol. The maximum atomic E-state index is 10.7. The molecule has 0 saturated heterocycles. The van der Waals surface area contributed by atoms with Gasteiger partial charge >= 0.3 is 0 Å². The lowest BCUT2D eigenvalue weighted by molar-refractivity contribution is -0.0516. The minimum atomic E-state index is -0.513. The topological polar surface area (TPSA) is 20.2 Å². The molecule has 1 saturated carbocycles. The van der Waals surface area contributed by atoms with Crippen molar-refractivity contribution in [1.82, 2.24) is 0 Å².